The minimum Gasteiger partial charge on any atom is -0.457 e. The molecular weight excluding hydrogens is 355 g/mol. The van der Waals surface area contributed by atoms with Crippen molar-refractivity contribution < 1.29 is 9.21 Å². The van der Waals surface area contributed by atoms with Gasteiger partial charge < -0.3 is 9.73 Å². The largest absolute Gasteiger partial charge is 0.457 e. The quantitative estimate of drug-likeness (QED) is 0.648. The van der Waals surface area contributed by atoms with Crippen LogP contribution in [0.4, 0.5) is 0 Å². The average Bonchev–Trinajstić information content (AvgIpc) is 3.05. The van der Waals surface area contributed by atoms with E-state index >= 15 is 0 Å². The van der Waals surface area contributed by atoms with Crippen LogP contribution in [0.25, 0.3) is 17.4 Å². The third-order valence-corrected chi connectivity index (χ3v) is 4.26. The van der Waals surface area contributed by atoms with Gasteiger partial charge in [0.1, 0.15) is 17.2 Å². The van der Waals surface area contributed by atoms with Crippen LogP contribution in [0.15, 0.2) is 40.4 Å². The summed E-state index contributed by atoms with van der Waals surface area (Å²) in [4.78, 5) is 13.6. The molecule has 1 aliphatic rings. The van der Waals surface area contributed by atoms with Gasteiger partial charge in [0.2, 0.25) is 0 Å². The van der Waals surface area contributed by atoms with Crippen molar-refractivity contribution in [2.75, 3.05) is 6.54 Å². The van der Waals surface area contributed by atoms with E-state index in [-0.39, 0.29) is 5.91 Å². The SMILES string of the molecule is CCN1C(=O)/C(=C\c2ccc(-c3ccc(Cl)cc3Cl)o2)NC1=S. The number of furan rings is 1. The van der Waals surface area contributed by atoms with Gasteiger partial charge in [0.15, 0.2) is 5.11 Å². The van der Waals surface area contributed by atoms with Gasteiger partial charge in [0.05, 0.1) is 5.02 Å². The highest BCUT2D eigenvalue weighted by Gasteiger charge is 2.29. The van der Waals surface area contributed by atoms with Crippen molar-refractivity contribution in [1.29, 1.82) is 0 Å². The second-order valence-corrected chi connectivity index (χ2v) is 6.09. The van der Waals surface area contributed by atoms with Gasteiger partial charge in [-0.15, -0.1) is 0 Å². The Kier molecular flexibility index (Phi) is 4.43. The monoisotopic (exact) mass is 366 g/mol. The van der Waals surface area contributed by atoms with E-state index in [1.807, 2.05) is 6.92 Å². The highest BCUT2D eigenvalue weighted by molar-refractivity contribution is 7.80. The second kappa shape index (κ2) is 6.35. The zero-order valence-corrected chi connectivity index (χ0v) is 14.4. The Morgan fingerprint density at radius 1 is 1.30 bits per heavy atom. The van der Waals surface area contributed by atoms with Gasteiger partial charge in [-0.05, 0) is 49.5 Å². The lowest BCUT2D eigenvalue weighted by Gasteiger charge is -2.08. The number of benzene rings is 1. The van der Waals surface area contributed by atoms with E-state index in [1.165, 1.54) is 4.90 Å². The Morgan fingerprint density at radius 3 is 2.74 bits per heavy atom. The first-order valence-corrected chi connectivity index (χ1v) is 8.06. The summed E-state index contributed by atoms with van der Waals surface area (Å²) in [5, 5.41) is 4.34. The summed E-state index contributed by atoms with van der Waals surface area (Å²) >= 11 is 17.2. The zero-order chi connectivity index (χ0) is 16.6. The maximum atomic E-state index is 12.1. The van der Waals surface area contributed by atoms with E-state index in [0.717, 1.165) is 5.56 Å². The molecule has 1 saturated heterocycles. The fraction of sp³-hybridized carbons (Fsp3) is 0.125. The van der Waals surface area contributed by atoms with E-state index in [0.29, 0.717) is 38.9 Å². The molecule has 0 spiro atoms. The van der Waals surface area contributed by atoms with Gasteiger partial charge >= 0.3 is 0 Å². The zero-order valence-electron chi connectivity index (χ0n) is 12.1. The van der Waals surface area contributed by atoms with Crippen molar-refractivity contribution >= 4 is 52.5 Å². The van der Waals surface area contributed by atoms with Crippen LogP contribution in [-0.2, 0) is 4.79 Å². The fourth-order valence-corrected chi connectivity index (χ4v) is 3.09. The molecule has 2 heterocycles. The number of thiocarbonyl (C=S) groups is 1. The number of hydrogen-bond donors (Lipinski definition) is 1. The fourth-order valence-electron chi connectivity index (χ4n) is 2.27. The van der Waals surface area contributed by atoms with Crippen LogP contribution in [0, 0.1) is 0 Å². The summed E-state index contributed by atoms with van der Waals surface area (Å²) in [6.07, 6.45) is 1.62. The maximum Gasteiger partial charge on any atom is 0.276 e. The van der Waals surface area contributed by atoms with Crippen molar-refractivity contribution in [3.63, 3.8) is 0 Å². The first kappa shape index (κ1) is 16.1. The average molecular weight is 367 g/mol. The van der Waals surface area contributed by atoms with Gasteiger partial charge in [-0.3, -0.25) is 9.69 Å². The molecule has 3 rings (SSSR count). The topological polar surface area (TPSA) is 45.5 Å². The molecule has 1 aromatic heterocycles. The summed E-state index contributed by atoms with van der Waals surface area (Å²) in [5.41, 5.74) is 1.12. The molecule has 0 bridgehead atoms. The molecule has 1 aromatic carbocycles. The molecule has 0 aliphatic carbocycles. The highest BCUT2D eigenvalue weighted by Crippen LogP contribution is 2.32. The number of nitrogens with zero attached hydrogens (tertiary/aromatic N) is 1. The molecule has 1 fully saturated rings. The molecule has 0 radical (unpaired) electrons. The summed E-state index contributed by atoms with van der Waals surface area (Å²) in [6.45, 7) is 2.38. The highest BCUT2D eigenvalue weighted by atomic mass is 35.5. The first-order chi connectivity index (χ1) is 11.0. The standard InChI is InChI=1S/C16H12Cl2N2O2S/c1-2-20-15(21)13(19-16(20)23)8-10-4-6-14(22-10)11-5-3-9(17)7-12(11)18/h3-8H,2H2,1H3,(H,19,23)/b13-8+. The van der Waals surface area contributed by atoms with E-state index < -0.39 is 0 Å². The number of rotatable bonds is 3. The van der Waals surface area contributed by atoms with Gasteiger partial charge in [0, 0.05) is 23.2 Å². The lowest BCUT2D eigenvalue weighted by atomic mass is 10.2. The summed E-state index contributed by atoms with van der Waals surface area (Å²) < 4.78 is 5.75. The van der Waals surface area contributed by atoms with E-state index in [9.17, 15) is 4.79 Å². The number of halogens is 2. The number of carbonyl (C=O) groups excluding carboxylic acids is 1. The maximum absolute atomic E-state index is 12.1. The molecule has 23 heavy (non-hydrogen) atoms. The van der Waals surface area contributed by atoms with Crippen LogP contribution in [-0.4, -0.2) is 22.5 Å². The molecule has 2 aromatic rings. The molecule has 1 amide bonds. The molecule has 118 valence electrons. The van der Waals surface area contributed by atoms with Crippen LogP contribution in [0.3, 0.4) is 0 Å². The second-order valence-electron chi connectivity index (χ2n) is 4.86. The molecule has 0 atom stereocenters. The number of amides is 1. The molecule has 0 saturated carbocycles. The van der Waals surface area contributed by atoms with E-state index in [4.69, 9.17) is 39.8 Å². The van der Waals surface area contributed by atoms with Gasteiger partial charge in [0.25, 0.3) is 5.91 Å². The minimum absolute atomic E-state index is 0.167. The smallest absolute Gasteiger partial charge is 0.276 e. The molecular formula is C16H12Cl2N2O2S. The van der Waals surface area contributed by atoms with E-state index in [2.05, 4.69) is 5.32 Å². The van der Waals surface area contributed by atoms with E-state index in [1.54, 1.807) is 36.4 Å². The molecule has 1 N–H and O–H groups in total. The van der Waals surface area contributed by atoms with Crippen LogP contribution in [0.1, 0.15) is 12.7 Å². The third kappa shape index (κ3) is 3.13. The Labute approximate surface area is 148 Å². The van der Waals surface area contributed by atoms with Crippen LogP contribution >= 0.6 is 35.4 Å². The number of nitrogens with one attached hydrogen (secondary N) is 1. The van der Waals surface area contributed by atoms with Crippen LogP contribution in [0.2, 0.25) is 10.0 Å². The van der Waals surface area contributed by atoms with Crippen molar-refractivity contribution in [3.05, 3.63) is 51.8 Å². The lowest BCUT2D eigenvalue weighted by molar-refractivity contribution is -0.122. The van der Waals surface area contributed by atoms with Crippen molar-refractivity contribution in [3.8, 4) is 11.3 Å². The molecule has 1 aliphatic heterocycles. The Bertz CT molecular complexity index is 829. The summed E-state index contributed by atoms with van der Waals surface area (Å²) in [5.74, 6) is 0.960. The summed E-state index contributed by atoms with van der Waals surface area (Å²) in [6, 6.07) is 8.73. The predicted molar refractivity (Wildman–Crippen MR) is 95.3 cm³/mol. The van der Waals surface area contributed by atoms with Crippen molar-refractivity contribution in [2.24, 2.45) is 0 Å². The third-order valence-electron chi connectivity index (χ3n) is 3.39. The van der Waals surface area contributed by atoms with Crippen molar-refractivity contribution in [1.82, 2.24) is 10.2 Å². The van der Waals surface area contributed by atoms with Gasteiger partial charge in [-0.2, -0.15) is 0 Å². The normalized spacial score (nSPS) is 16.3. The van der Waals surface area contributed by atoms with Gasteiger partial charge in [-0.1, -0.05) is 23.2 Å². The van der Waals surface area contributed by atoms with Crippen molar-refractivity contribution in [2.45, 2.75) is 6.92 Å². The Balaban J connectivity index is 1.90. The number of carbonyl (C=O) groups is 1. The number of likely N-dealkylation sites (N-methyl/N-ethyl adjacent to an activating group) is 1. The first-order valence-electron chi connectivity index (χ1n) is 6.89. The summed E-state index contributed by atoms with van der Waals surface area (Å²) in [7, 11) is 0. The predicted octanol–water partition coefficient (Wildman–Crippen LogP) is 4.33. The molecule has 7 heteroatoms. The van der Waals surface area contributed by atoms with Gasteiger partial charge in [-0.25, -0.2) is 0 Å². The minimum atomic E-state index is -0.167. The van der Waals surface area contributed by atoms with Crippen LogP contribution < -0.4 is 5.32 Å². The molecule has 4 nitrogen and oxygen atoms in total. The number of hydrogen-bond acceptors (Lipinski definition) is 3. The molecule has 0 unspecified atom stereocenters. The Hall–Kier alpha value is -1.82. The lowest BCUT2D eigenvalue weighted by Crippen LogP contribution is -2.30. The van der Waals surface area contributed by atoms with Crippen LogP contribution in [0.5, 0.6) is 0 Å². The Morgan fingerprint density at radius 2 is 2.09 bits per heavy atom.